The van der Waals surface area contributed by atoms with Crippen molar-refractivity contribution in [2.75, 3.05) is 121 Å². The highest BCUT2D eigenvalue weighted by Gasteiger charge is 2.44. The number of imide groups is 2. The van der Waals surface area contributed by atoms with Crippen LogP contribution in [-0.2, 0) is 29.7 Å². The Hall–Kier alpha value is -10.1. The summed E-state index contributed by atoms with van der Waals surface area (Å²) in [6.45, 7) is 21.5. The number of allylic oxidation sites excluding steroid dienone is 1. The summed E-state index contributed by atoms with van der Waals surface area (Å²) < 4.78 is 78.4. The number of carbonyl (C=O) groups is 4. The number of hydrogen-bond donors (Lipinski definition) is 5. The SMILES string of the molecule is [C-]#[N+]/C(=C\c1sc(/N=N/c2ccc(N(CC)CC)cc2Nc2nc(Nc3cc(N(CC)CC)ccc3/N=N/c3nc(N4CCOCC4)c(/C=C(\C#N)N4C(=O)c5ccc(S(=O)(=O)O)cc5C4=O)s3)nc(SCCO)n2)nc1N1CCOCC1)N1C(=O)c2ccc(S(=O)(=O)O)cc2C1=O. The normalized spacial score (nSPS) is 15.4. The van der Waals surface area contributed by atoms with Crippen LogP contribution in [0.5, 0.6) is 0 Å². The van der Waals surface area contributed by atoms with Crippen molar-refractivity contribution < 1.29 is 59.7 Å². The second-order valence-corrected chi connectivity index (χ2v) is 27.2. The van der Waals surface area contributed by atoms with E-state index in [2.05, 4.69) is 45.7 Å². The van der Waals surface area contributed by atoms with Crippen molar-refractivity contribution in [3.8, 4) is 6.07 Å². The Labute approximate surface area is 573 Å². The van der Waals surface area contributed by atoms with E-state index in [0.717, 1.165) is 82.2 Å². The molecule has 0 aliphatic carbocycles. The average Bonchev–Trinajstić information content (AvgIpc) is 1.61. The number of amides is 4. The molecule has 3 aromatic heterocycles. The number of hydrogen-bond acceptors (Lipinski definition) is 30. The molecular formula is C61H59N19O13S5. The summed E-state index contributed by atoms with van der Waals surface area (Å²) in [5.74, 6) is -3.08. The number of nitriles is 1. The number of morpholine rings is 2. The maximum atomic E-state index is 13.7. The fourth-order valence-electron chi connectivity index (χ4n) is 10.7. The Morgan fingerprint density at radius 2 is 1.07 bits per heavy atom. The Morgan fingerprint density at radius 1 is 0.633 bits per heavy atom. The third-order valence-corrected chi connectivity index (χ3v) is 19.8. The summed E-state index contributed by atoms with van der Waals surface area (Å²) in [6, 6.07) is 18.8. The Bertz CT molecular complexity index is 4490. The maximum absolute atomic E-state index is 13.7. The molecule has 4 aliphatic rings. The first kappa shape index (κ1) is 69.3. The molecule has 2 fully saturated rings. The molecule has 0 saturated carbocycles. The van der Waals surface area contributed by atoms with E-state index in [9.17, 15) is 55.5 Å². The lowest BCUT2D eigenvalue weighted by Gasteiger charge is -2.27. The number of thiazole rings is 2. The number of aliphatic hydroxyl groups is 1. The first-order valence-electron chi connectivity index (χ1n) is 30.2. The van der Waals surface area contributed by atoms with Crippen LogP contribution in [0, 0.1) is 17.9 Å². The van der Waals surface area contributed by atoms with Crippen LogP contribution in [0.1, 0.15) is 78.9 Å². The van der Waals surface area contributed by atoms with Gasteiger partial charge in [-0.1, -0.05) is 41.0 Å². The number of aliphatic hydroxyl groups excluding tert-OH is 1. The van der Waals surface area contributed by atoms with Gasteiger partial charge in [-0.3, -0.25) is 18.7 Å². The standard InChI is InChI=1S/C61H59N19O13S5/c1-6-75(7-2)35-10-16-44(71-73-60-66-51(77-18-23-92-24-19-77)48(95-60)30-37(34-62)79-53(82)40-14-12-38(97(86,87)88)31-42(40)55(79)84)46(28-35)64-57-68-58(70-59(69-57)94-27-22-81)65-47-29-36(76(8-3)9-4)11-17-45(47)72-74-61-67-52(78-20-25-93-26-21-78)49(96-61)33-50(63-5)80-54(83)41-15-13-39(98(89,90)91)32-43(41)56(80)85/h10-17,28-33,81H,6-9,18-27H2,1-4H3,(H,86,87,88)(H,89,90,91)(H2,64,65,68,69,70)/b37-30+,50-33+,73-71+,74-72+. The van der Waals surface area contributed by atoms with Gasteiger partial charge < -0.3 is 49.7 Å². The van der Waals surface area contributed by atoms with Gasteiger partial charge in [0.05, 0.1) is 86.2 Å². The number of carbonyl (C=O) groups excluding carboxylic acids is 4. The Morgan fingerprint density at radius 3 is 1.50 bits per heavy atom. The Balaban J connectivity index is 0.928. The molecule has 0 bridgehead atoms. The lowest BCUT2D eigenvalue weighted by Crippen LogP contribution is -2.36. The number of nitrogens with one attached hydrogen (secondary N) is 2. The number of thioether (sulfide) groups is 1. The lowest BCUT2D eigenvalue weighted by atomic mass is 10.1. The smallest absolute Gasteiger partial charge is 0.334 e. The van der Waals surface area contributed by atoms with E-state index in [1.54, 1.807) is 12.1 Å². The molecule has 7 heterocycles. The van der Waals surface area contributed by atoms with E-state index in [4.69, 9.17) is 41.0 Å². The van der Waals surface area contributed by atoms with Gasteiger partial charge in [-0.05, 0) is 113 Å². The quantitative estimate of drug-likeness (QED) is 0.00887. The maximum Gasteiger partial charge on any atom is 0.334 e. The Kier molecular flexibility index (Phi) is 21.0. The largest absolute Gasteiger partial charge is 0.396 e. The third-order valence-electron chi connectivity index (χ3n) is 15.5. The van der Waals surface area contributed by atoms with Gasteiger partial charge in [-0.25, -0.2) is 14.5 Å². The van der Waals surface area contributed by atoms with E-state index >= 15 is 0 Å². The zero-order chi connectivity index (χ0) is 69.6. The van der Waals surface area contributed by atoms with Gasteiger partial charge in [0.15, 0.2) is 5.16 Å². The highest BCUT2D eigenvalue weighted by molar-refractivity contribution is 7.99. The van der Waals surface area contributed by atoms with Gasteiger partial charge in [-0.2, -0.15) is 51.9 Å². The number of anilines is 8. The molecule has 4 aliphatic heterocycles. The van der Waals surface area contributed by atoms with Crippen LogP contribution in [-0.4, -0.2) is 181 Å². The molecular weight excluding hydrogens is 1370 g/mol. The average molecular weight is 1430 g/mol. The number of ether oxygens (including phenoxy) is 2. The molecule has 506 valence electrons. The van der Waals surface area contributed by atoms with Crippen molar-refractivity contribution in [1.29, 1.82) is 5.26 Å². The summed E-state index contributed by atoms with van der Waals surface area (Å²) in [5.41, 5.74) is 1.64. The van der Waals surface area contributed by atoms with Gasteiger partial charge in [0.25, 0.3) is 32.1 Å². The highest BCUT2D eigenvalue weighted by Crippen LogP contribution is 2.42. The van der Waals surface area contributed by atoms with Gasteiger partial charge in [-0.15, -0.1) is 20.5 Å². The minimum atomic E-state index is -4.74. The van der Waals surface area contributed by atoms with Crippen LogP contribution < -0.4 is 30.2 Å². The van der Waals surface area contributed by atoms with Crippen molar-refractivity contribution in [3.63, 3.8) is 0 Å². The van der Waals surface area contributed by atoms with E-state index in [0.29, 0.717) is 133 Å². The van der Waals surface area contributed by atoms with Gasteiger partial charge in [0.1, 0.15) is 34.8 Å². The number of azo groups is 2. The van der Waals surface area contributed by atoms with Crippen LogP contribution in [0.25, 0.3) is 17.0 Å². The molecule has 0 unspecified atom stereocenters. The topological polar surface area (TPSA) is 401 Å². The third kappa shape index (κ3) is 14.9. The van der Waals surface area contributed by atoms with E-state index < -0.39 is 65.2 Å². The van der Waals surface area contributed by atoms with Crippen LogP contribution in [0.15, 0.2) is 120 Å². The predicted molar refractivity (Wildman–Crippen MR) is 365 cm³/mol. The van der Waals surface area contributed by atoms with Crippen LogP contribution >= 0.6 is 34.4 Å². The molecule has 7 aromatic rings. The van der Waals surface area contributed by atoms with Crippen LogP contribution in [0.2, 0.25) is 0 Å². The summed E-state index contributed by atoms with van der Waals surface area (Å²) in [5, 5.41) is 46.1. The number of aromatic nitrogens is 5. The van der Waals surface area contributed by atoms with Crippen molar-refractivity contribution in [3.05, 3.63) is 128 Å². The van der Waals surface area contributed by atoms with E-state index in [1.807, 2.05) is 67.8 Å². The molecule has 2 saturated heterocycles. The minimum Gasteiger partial charge on any atom is -0.396 e. The van der Waals surface area contributed by atoms with E-state index in [-0.39, 0.29) is 61.9 Å². The fourth-order valence-corrected chi connectivity index (χ4v) is 14.0. The van der Waals surface area contributed by atoms with Crippen LogP contribution in [0.3, 0.4) is 0 Å². The number of fused-ring (bicyclic) bond motifs is 2. The molecule has 5 N–H and O–H groups in total. The molecule has 0 spiro atoms. The summed E-state index contributed by atoms with van der Waals surface area (Å²) in [4.78, 5) is 91.1. The number of benzene rings is 4. The van der Waals surface area contributed by atoms with Gasteiger partial charge >= 0.3 is 11.8 Å². The number of nitrogens with zero attached hydrogens (tertiary/aromatic N) is 17. The van der Waals surface area contributed by atoms with Crippen LogP contribution in [0.4, 0.5) is 67.9 Å². The lowest BCUT2D eigenvalue weighted by molar-refractivity contribution is 0.0695. The summed E-state index contributed by atoms with van der Waals surface area (Å²) in [6.07, 6.45) is 2.64. The zero-order valence-electron chi connectivity index (χ0n) is 52.6. The molecule has 0 atom stereocenters. The van der Waals surface area contributed by atoms with Crippen molar-refractivity contribution >= 4 is 158 Å². The van der Waals surface area contributed by atoms with Crippen molar-refractivity contribution in [2.45, 2.75) is 42.6 Å². The molecule has 4 amide bonds. The first-order chi connectivity index (χ1) is 47.1. The first-order valence-corrected chi connectivity index (χ1v) is 35.7. The molecule has 0 radical (unpaired) electrons. The molecule has 11 rings (SSSR count). The van der Waals surface area contributed by atoms with Gasteiger partial charge in [0, 0.05) is 69.5 Å². The second-order valence-electron chi connectivity index (χ2n) is 21.3. The summed E-state index contributed by atoms with van der Waals surface area (Å²) >= 11 is 3.19. The second kappa shape index (κ2) is 29.7. The molecule has 4 aromatic carbocycles. The van der Waals surface area contributed by atoms with Crippen molar-refractivity contribution in [1.82, 2.24) is 34.7 Å². The zero-order valence-corrected chi connectivity index (χ0v) is 56.6. The monoisotopic (exact) mass is 1430 g/mol. The predicted octanol–water partition coefficient (Wildman–Crippen LogP) is 9.72. The molecule has 98 heavy (non-hydrogen) atoms. The fraction of sp³-hybridized carbons (Fsp3) is 0.295. The highest BCUT2D eigenvalue weighted by atomic mass is 32.2. The summed E-state index contributed by atoms with van der Waals surface area (Å²) in [7, 11) is -9.48. The molecule has 32 nitrogen and oxygen atoms in total. The number of rotatable bonds is 25. The van der Waals surface area contributed by atoms with E-state index in [1.165, 1.54) is 12.2 Å². The van der Waals surface area contributed by atoms with Crippen molar-refractivity contribution in [2.24, 2.45) is 20.5 Å². The molecule has 37 heteroatoms. The minimum absolute atomic E-state index is 0.0451. The van der Waals surface area contributed by atoms with Gasteiger partial charge in [0.2, 0.25) is 28.0 Å².